The maximum Gasteiger partial charge on any atom is 0.410 e. The number of azide groups is 1. The summed E-state index contributed by atoms with van der Waals surface area (Å²) < 4.78 is 20.7. The fourth-order valence-electron chi connectivity index (χ4n) is 4.90. The van der Waals surface area contributed by atoms with Gasteiger partial charge >= 0.3 is 24.0 Å². The van der Waals surface area contributed by atoms with Crippen molar-refractivity contribution < 1.29 is 42.9 Å². The molecule has 2 aliphatic heterocycles. The predicted octanol–water partition coefficient (Wildman–Crippen LogP) is 2.35. The third kappa shape index (κ3) is 6.81. The van der Waals surface area contributed by atoms with Crippen molar-refractivity contribution in [1.29, 1.82) is 0 Å². The van der Waals surface area contributed by atoms with Crippen LogP contribution >= 0.6 is 0 Å². The quantitative estimate of drug-likeness (QED) is 0.159. The van der Waals surface area contributed by atoms with Crippen LogP contribution in [-0.4, -0.2) is 90.2 Å². The highest BCUT2D eigenvalue weighted by Gasteiger charge is 2.57. The molecule has 0 aliphatic carbocycles. The summed E-state index contributed by atoms with van der Waals surface area (Å²) in [4.78, 5) is 71.0. The van der Waals surface area contributed by atoms with Crippen molar-refractivity contribution in [3.8, 4) is 0 Å². The summed E-state index contributed by atoms with van der Waals surface area (Å²) in [6, 6.07) is 3.94. The fraction of sp³-hybridized carbons (Fsp3) is 0.577. The maximum absolute atomic E-state index is 14.1. The number of methoxy groups -OCH3 is 2. The summed E-state index contributed by atoms with van der Waals surface area (Å²) in [5.74, 6) is -4.68. The van der Waals surface area contributed by atoms with E-state index in [0.29, 0.717) is 5.56 Å². The standard InChI is InChI=1S/C26H33N5O9/c1-26(2,3)40-24(35)20-17(22(33)37-4)12-19(23(34)38-5)31(20)21(32)18-11-16(28-29-27)13-30(18)25(36)39-14-15-9-7-6-8-10-15/h6-10,16-20H,11-14H2,1-5H3/t16-,17-,18-,19-,20-/m0/s1. The number of amides is 2. The van der Waals surface area contributed by atoms with Gasteiger partial charge in [-0.05, 0) is 44.7 Å². The number of rotatable bonds is 7. The van der Waals surface area contributed by atoms with Crippen LogP contribution in [0.3, 0.4) is 0 Å². The van der Waals surface area contributed by atoms with Gasteiger partial charge in [0.05, 0.1) is 26.2 Å². The van der Waals surface area contributed by atoms with E-state index in [1.807, 2.05) is 0 Å². The zero-order chi connectivity index (χ0) is 29.6. The number of carbonyl (C=O) groups is 5. The Balaban J connectivity index is 1.99. The van der Waals surface area contributed by atoms with Crippen molar-refractivity contribution in [1.82, 2.24) is 9.80 Å². The number of hydrogen-bond acceptors (Lipinski definition) is 10. The van der Waals surface area contributed by atoms with Crippen LogP contribution < -0.4 is 0 Å². The second kappa shape index (κ2) is 12.7. The highest BCUT2D eigenvalue weighted by molar-refractivity contribution is 5.97. The van der Waals surface area contributed by atoms with Gasteiger partial charge in [-0.2, -0.15) is 0 Å². The second-order valence-corrected chi connectivity index (χ2v) is 10.4. The summed E-state index contributed by atoms with van der Waals surface area (Å²) >= 11 is 0. The first-order valence-electron chi connectivity index (χ1n) is 12.6. The second-order valence-electron chi connectivity index (χ2n) is 10.4. The number of ether oxygens (including phenoxy) is 4. The Labute approximate surface area is 231 Å². The van der Waals surface area contributed by atoms with Gasteiger partial charge in [0.1, 0.15) is 30.3 Å². The summed E-state index contributed by atoms with van der Waals surface area (Å²) in [5.41, 5.74) is 8.71. The van der Waals surface area contributed by atoms with E-state index in [-0.39, 0.29) is 26.0 Å². The molecule has 5 atom stereocenters. The first kappa shape index (κ1) is 30.2. The smallest absolute Gasteiger partial charge is 0.410 e. The Morgan fingerprint density at radius 1 is 0.975 bits per heavy atom. The van der Waals surface area contributed by atoms with E-state index >= 15 is 0 Å². The molecule has 0 spiro atoms. The Morgan fingerprint density at radius 2 is 1.62 bits per heavy atom. The molecule has 2 heterocycles. The van der Waals surface area contributed by atoms with Crippen molar-refractivity contribution in [2.24, 2.45) is 11.0 Å². The summed E-state index contributed by atoms with van der Waals surface area (Å²) in [7, 11) is 2.23. The molecule has 3 rings (SSSR count). The van der Waals surface area contributed by atoms with Gasteiger partial charge in [-0.3, -0.25) is 14.5 Å². The van der Waals surface area contributed by atoms with Crippen LogP contribution in [0, 0.1) is 5.92 Å². The monoisotopic (exact) mass is 559 g/mol. The number of hydrogen-bond donors (Lipinski definition) is 0. The van der Waals surface area contributed by atoms with Crippen LogP contribution in [-0.2, 0) is 44.7 Å². The van der Waals surface area contributed by atoms with Crippen molar-refractivity contribution >= 4 is 29.9 Å². The predicted molar refractivity (Wildman–Crippen MR) is 137 cm³/mol. The molecule has 40 heavy (non-hydrogen) atoms. The Kier molecular flexibility index (Phi) is 9.59. The van der Waals surface area contributed by atoms with Crippen LogP contribution in [0.4, 0.5) is 4.79 Å². The zero-order valence-electron chi connectivity index (χ0n) is 23.0. The SMILES string of the molecule is COC(=O)[C@H]1C[C@@H](C(=O)OC)N(C(=O)[C@@H]2C[C@H](N=[N+]=[N-])CN2C(=O)OCc2ccccc2)[C@@H]1C(=O)OC(C)(C)C. The van der Waals surface area contributed by atoms with Crippen molar-refractivity contribution in [3.63, 3.8) is 0 Å². The molecule has 14 nitrogen and oxygen atoms in total. The third-order valence-electron chi connectivity index (χ3n) is 6.59. The zero-order valence-corrected chi connectivity index (χ0v) is 23.0. The van der Waals surface area contributed by atoms with E-state index in [9.17, 15) is 24.0 Å². The number of esters is 3. The van der Waals surface area contributed by atoms with Crippen LogP contribution in [0.2, 0.25) is 0 Å². The Morgan fingerprint density at radius 3 is 2.20 bits per heavy atom. The molecule has 2 saturated heterocycles. The molecule has 0 saturated carbocycles. The molecule has 216 valence electrons. The minimum Gasteiger partial charge on any atom is -0.469 e. The maximum atomic E-state index is 14.1. The molecule has 0 N–H and O–H groups in total. The lowest BCUT2D eigenvalue weighted by atomic mass is 9.98. The van der Waals surface area contributed by atoms with Gasteiger partial charge in [-0.15, -0.1) is 0 Å². The molecule has 0 aromatic heterocycles. The number of benzene rings is 1. The van der Waals surface area contributed by atoms with Gasteiger partial charge in [0.25, 0.3) is 0 Å². The molecular weight excluding hydrogens is 526 g/mol. The number of carbonyl (C=O) groups excluding carboxylic acids is 5. The third-order valence-corrected chi connectivity index (χ3v) is 6.59. The molecule has 0 unspecified atom stereocenters. The number of nitrogens with zero attached hydrogens (tertiary/aromatic N) is 5. The lowest BCUT2D eigenvalue weighted by molar-refractivity contribution is -0.171. The van der Waals surface area contributed by atoms with E-state index < -0.39 is 65.6 Å². The lowest BCUT2D eigenvalue weighted by Gasteiger charge is -2.34. The first-order valence-corrected chi connectivity index (χ1v) is 12.6. The van der Waals surface area contributed by atoms with Crippen LogP contribution in [0.5, 0.6) is 0 Å². The van der Waals surface area contributed by atoms with Gasteiger partial charge in [0.15, 0.2) is 0 Å². The van der Waals surface area contributed by atoms with E-state index in [2.05, 4.69) is 10.0 Å². The average molecular weight is 560 g/mol. The molecule has 0 radical (unpaired) electrons. The summed E-state index contributed by atoms with van der Waals surface area (Å²) in [6.07, 6.45) is -1.22. The summed E-state index contributed by atoms with van der Waals surface area (Å²) in [5, 5.41) is 3.67. The molecular formula is C26H33N5O9. The largest absolute Gasteiger partial charge is 0.469 e. The van der Waals surface area contributed by atoms with Gasteiger partial charge < -0.3 is 23.8 Å². The number of likely N-dealkylation sites (tertiary alicyclic amines) is 2. The van der Waals surface area contributed by atoms with Gasteiger partial charge in [0.2, 0.25) is 5.91 Å². The summed E-state index contributed by atoms with van der Waals surface area (Å²) in [6.45, 7) is 4.62. The molecule has 1 aromatic carbocycles. The van der Waals surface area contributed by atoms with E-state index in [0.717, 1.165) is 24.0 Å². The fourth-order valence-corrected chi connectivity index (χ4v) is 4.90. The highest BCUT2D eigenvalue weighted by atomic mass is 16.6. The van der Waals surface area contributed by atoms with Crippen LogP contribution in [0.15, 0.2) is 35.4 Å². The topological polar surface area (TPSA) is 178 Å². The van der Waals surface area contributed by atoms with E-state index in [1.165, 1.54) is 0 Å². The van der Waals surface area contributed by atoms with Gasteiger partial charge in [-0.25, -0.2) is 14.4 Å². The van der Waals surface area contributed by atoms with Crippen LogP contribution in [0.25, 0.3) is 10.4 Å². The minimum absolute atomic E-state index is 0.0806. The molecule has 1 aromatic rings. The Bertz CT molecular complexity index is 1180. The normalized spacial score (nSPS) is 24.1. The van der Waals surface area contributed by atoms with E-state index in [4.69, 9.17) is 24.5 Å². The van der Waals surface area contributed by atoms with Crippen molar-refractivity contribution in [2.75, 3.05) is 20.8 Å². The van der Waals surface area contributed by atoms with Crippen molar-refractivity contribution in [2.45, 2.75) is 70.0 Å². The minimum atomic E-state index is -1.54. The van der Waals surface area contributed by atoms with Gasteiger partial charge in [-0.1, -0.05) is 35.4 Å². The highest BCUT2D eigenvalue weighted by Crippen LogP contribution is 2.36. The molecule has 2 amide bonds. The van der Waals surface area contributed by atoms with Crippen molar-refractivity contribution in [3.05, 3.63) is 46.3 Å². The average Bonchev–Trinajstić information content (AvgIpc) is 3.53. The van der Waals surface area contributed by atoms with Crippen LogP contribution in [0.1, 0.15) is 39.2 Å². The molecule has 2 fully saturated rings. The molecule has 0 bridgehead atoms. The van der Waals surface area contributed by atoms with Gasteiger partial charge in [0, 0.05) is 11.5 Å². The molecule has 14 heteroatoms. The lowest BCUT2D eigenvalue weighted by Crippen LogP contribution is -2.57. The molecule has 2 aliphatic rings. The van der Waals surface area contributed by atoms with E-state index in [1.54, 1.807) is 51.1 Å². The first-order chi connectivity index (χ1) is 18.9. The Hall–Kier alpha value is -4.32.